The molecule has 0 fully saturated rings. The van der Waals surface area contributed by atoms with E-state index in [1.54, 1.807) is 28.4 Å². The fraction of sp³-hybridized carbons (Fsp3) is 0.368. The van der Waals surface area contributed by atoms with Gasteiger partial charge in [0.05, 0.1) is 28.4 Å². The Bertz CT molecular complexity index is 758. The minimum Gasteiger partial charge on any atom is -0.492 e. The van der Waals surface area contributed by atoms with Gasteiger partial charge in [0, 0.05) is 17.2 Å². The molecule has 0 spiro atoms. The summed E-state index contributed by atoms with van der Waals surface area (Å²) in [7, 11) is 6.42. The molecule has 0 amide bonds. The SMILES string of the molecule is COc1c(OC)c(OC)c2c(c1OC)-c1ccccc1CCC2N. The zero-order valence-electron chi connectivity index (χ0n) is 14.5. The van der Waals surface area contributed by atoms with Crippen molar-refractivity contribution in [2.45, 2.75) is 18.9 Å². The molecule has 5 nitrogen and oxygen atoms in total. The van der Waals surface area contributed by atoms with Crippen LogP contribution >= 0.6 is 0 Å². The van der Waals surface area contributed by atoms with Gasteiger partial charge in [0.2, 0.25) is 11.5 Å². The molecule has 1 aliphatic carbocycles. The maximum Gasteiger partial charge on any atom is 0.207 e. The molecule has 2 aromatic carbocycles. The van der Waals surface area contributed by atoms with Gasteiger partial charge in [-0.25, -0.2) is 0 Å². The van der Waals surface area contributed by atoms with Crippen LogP contribution in [0.3, 0.4) is 0 Å². The molecular formula is C19H23NO4. The Morgan fingerprint density at radius 1 is 0.833 bits per heavy atom. The van der Waals surface area contributed by atoms with Crippen molar-refractivity contribution in [1.29, 1.82) is 0 Å². The largest absolute Gasteiger partial charge is 0.492 e. The molecule has 1 unspecified atom stereocenters. The van der Waals surface area contributed by atoms with Crippen LogP contribution in [0, 0.1) is 0 Å². The van der Waals surface area contributed by atoms with Crippen LogP contribution in [0.15, 0.2) is 24.3 Å². The predicted molar refractivity (Wildman–Crippen MR) is 93.3 cm³/mol. The van der Waals surface area contributed by atoms with E-state index in [2.05, 4.69) is 12.1 Å². The Morgan fingerprint density at radius 3 is 2.04 bits per heavy atom. The fourth-order valence-electron chi connectivity index (χ4n) is 3.50. The third-order valence-electron chi connectivity index (χ3n) is 4.56. The summed E-state index contributed by atoms with van der Waals surface area (Å²) in [6.45, 7) is 0. The summed E-state index contributed by atoms with van der Waals surface area (Å²) in [6.07, 6.45) is 1.71. The zero-order chi connectivity index (χ0) is 17.3. The molecule has 24 heavy (non-hydrogen) atoms. The van der Waals surface area contributed by atoms with Gasteiger partial charge in [-0.15, -0.1) is 0 Å². The Hall–Kier alpha value is -2.40. The van der Waals surface area contributed by atoms with E-state index in [1.165, 1.54) is 5.56 Å². The second kappa shape index (κ2) is 6.61. The molecule has 128 valence electrons. The molecule has 0 radical (unpaired) electrons. The summed E-state index contributed by atoms with van der Waals surface area (Å²) in [5, 5.41) is 0. The van der Waals surface area contributed by atoms with Gasteiger partial charge in [-0.2, -0.15) is 0 Å². The third-order valence-corrected chi connectivity index (χ3v) is 4.56. The molecule has 1 atom stereocenters. The molecule has 0 saturated carbocycles. The Labute approximate surface area is 142 Å². The van der Waals surface area contributed by atoms with E-state index in [-0.39, 0.29) is 6.04 Å². The molecule has 1 aliphatic rings. The summed E-state index contributed by atoms with van der Waals surface area (Å²) in [5.74, 6) is 2.24. The lowest BCUT2D eigenvalue weighted by Crippen LogP contribution is -2.14. The first-order chi connectivity index (χ1) is 11.7. The summed E-state index contributed by atoms with van der Waals surface area (Å²) >= 11 is 0. The molecular weight excluding hydrogens is 306 g/mol. The molecule has 5 heteroatoms. The standard InChI is InChI=1S/C19H23NO4/c1-21-16-14-12-8-6-5-7-11(12)9-10-13(20)15(14)17(22-2)19(24-4)18(16)23-3/h5-8,13H,9-10,20H2,1-4H3. The van der Waals surface area contributed by atoms with E-state index < -0.39 is 0 Å². The van der Waals surface area contributed by atoms with E-state index in [0.29, 0.717) is 23.0 Å². The van der Waals surface area contributed by atoms with Crippen molar-refractivity contribution >= 4 is 0 Å². The molecule has 2 aromatic rings. The van der Waals surface area contributed by atoms with E-state index in [9.17, 15) is 0 Å². The topological polar surface area (TPSA) is 62.9 Å². The van der Waals surface area contributed by atoms with Crippen LogP contribution in [-0.2, 0) is 6.42 Å². The lowest BCUT2D eigenvalue weighted by molar-refractivity contribution is 0.303. The van der Waals surface area contributed by atoms with Crippen LogP contribution in [0.25, 0.3) is 11.1 Å². The van der Waals surface area contributed by atoms with Crippen LogP contribution < -0.4 is 24.7 Å². The van der Waals surface area contributed by atoms with Crippen molar-refractivity contribution in [3.8, 4) is 34.1 Å². The van der Waals surface area contributed by atoms with Gasteiger partial charge in [-0.3, -0.25) is 0 Å². The number of methoxy groups -OCH3 is 4. The summed E-state index contributed by atoms with van der Waals surface area (Å²) in [6, 6.07) is 8.08. The van der Waals surface area contributed by atoms with Crippen molar-refractivity contribution in [3.05, 3.63) is 35.4 Å². The van der Waals surface area contributed by atoms with Gasteiger partial charge in [0.25, 0.3) is 0 Å². The highest BCUT2D eigenvalue weighted by molar-refractivity contribution is 5.86. The minimum absolute atomic E-state index is 0.184. The highest BCUT2D eigenvalue weighted by atomic mass is 16.5. The first kappa shape index (κ1) is 16.5. The van der Waals surface area contributed by atoms with Crippen molar-refractivity contribution < 1.29 is 18.9 Å². The third kappa shape index (κ3) is 2.36. The summed E-state index contributed by atoms with van der Waals surface area (Å²) in [5.41, 5.74) is 10.7. The van der Waals surface area contributed by atoms with Crippen molar-refractivity contribution in [2.75, 3.05) is 28.4 Å². The van der Waals surface area contributed by atoms with Gasteiger partial charge in [-0.1, -0.05) is 24.3 Å². The number of fused-ring (bicyclic) bond motifs is 3. The van der Waals surface area contributed by atoms with Crippen molar-refractivity contribution in [3.63, 3.8) is 0 Å². The number of aryl methyl sites for hydroxylation is 1. The fourth-order valence-corrected chi connectivity index (χ4v) is 3.50. The first-order valence-electron chi connectivity index (χ1n) is 7.91. The minimum atomic E-state index is -0.184. The van der Waals surface area contributed by atoms with Crippen LogP contribution in [0.5, 0.6) is 23.0 Å². The maximum absolute atomic E-state index is 6.51. The Kier molecular flexibility index (Phi) is 4.53. The van der Waals surface area contributed by atoms with Gasteiger partial charge >= 0.3 is 0 Å². The van der Waals surface area contributed by atoms with E-state index in [0.717, 1.165) is 29.5 Å². The van der Waals surface area contributed by atoms with Crippen LogP contribution in [0.1, 0.15) is 23.6 Å². The average molecular weight is 329 g/mol. The smallest absolute Gasteiger partial charge is 0.207 e. The quantitative estimate of drug-likeness (QED) is 0.932. The predicted octanol–water partition coefficient (Wildman–Crippen LogP) is 3.33. The van der Waals surface area contributed by atoms with Gasteiger partial charge in [-0.05, 0) is 24.0 Å². The zero-order valence-corrected chi connectivity index (χ0v) is 14.5. The van der Waals surface area contributed by atoms with E-state index >= 15 is 0 Å². The van der Waals surface area contributed by atoms with Crippen molar-refractivity contribution in [1.82, 2.24) is 0 Å². The highest BCUT2D eigenvalue weighted by Crippen LogP contribution is 2.56. The van der Waals surface area contributed by atoms with Gasteiger partial charge in [0.15, 0.2) is 11.5 Å². The molecule has 2 N–H and O–H groups in total. The molecule has 3 rings (SSSR count). The Balaban J connectivity index is 2.48. The van der Waals surface area contributed by atoms with Crippen LogP contribution in [0.2, 0.25) is 0 Å². The molecule has 0 aromatic heterocycles. The average Bonchev–Trinajstić information content (AvgIpc) is 2.77. The number of hydrogen-bond donors (Lipinski definition) is 1. The summed E-state index contributed by atoms with van der Waals surface area (Å²) < 4.78 is 22.5. The van der Waals surface area contributed by atoms with Crippen LogP contribution in [0.4, 0.5) is 0 Å². The van der Waals surface area contributed by atoms with E-state index in [1.807, 2.05) is 12.1 Å². The number of hydrogen-bond acceptors (Lipinski definition) is 5. The Morgan fingerprint density at radius 2 is 1.42 bits per heavy atom. The number of benzene rings is 2. The van der Waals surface area contributed by atoms with Gasteiger partial charge in [0.1, 0.15) is 0 Å². The van der Waals surface area contributed by atoms with E-state index in [4.69, 9.17) is 24.7 Å². The highest BCUT2D eigenvalue weighted by Gasteiger charge is 2.33. The first-order valence-corrected chi connectivity index (χ1v) is 7.91. The van der Waals surface area contributed by atoms with Crippen molar-refractivity contribution in [2.24, 2.45) is 5.73 Å². The number of ether oxygens (including phenoxy) is 4. The van der Waals surface area contributed by atoms with Crippen LogP contribution in [-0.4, -0.2) is 28.4 Å². The summed E-state index contributed by atoms with van der Waals surface area (Å²) in [4.78, 5) is 0. The molecule has 0 saturated heterocycles. The molecule has 0 heterocycles. The number of nitrogens with two attached hydrogens (primary N) is 1. The molecule has 0 aliphatic heterocycles. The lowest BCUT2D eigenvalue weighted by atomic mass is 9.92. The second-order valence-electron chi connectivity index (χ2n) is 5.72. The maximum atomic E-state index is 6.51. The van der Waals surface area contributed by atoms with Gasteiger partial charge < -0.3 is 24.7 Å². The number of rotatable bonds is 4. The lowest BCUT2D eigenvalue weighted by Gasteiger charge is -2.24. The normalized spacial score (nSPS) is 15.8. The monoisotopic (exact) mass is 329 g/mol. The second-order valence-corrected chi connectivity index (χ2v) is 5.72. The molecule has 0 bridgehead atoms.